The molecule has 1 heterocycles. The summed E-state index contributed by atoms with van der Waals surface area (Å²) in [4.78, 5) is 37.9. The highest BCUT2D eigenvalue weighted by Gasteiger charge is 2.19. The van der Waals surface area contributed by atoms with Crippen molar-refractivity contribution in [2.45, 2.75) is 19.9 Å². The Morgan fingerprint density at radius 3 is 2.06 bits per heavy atom. The molecular formula is C27H24N4O4. The molecule has 0 atom stereocenters. The van der Waals surface area contributed by atoms with Crippen molar-refractivity contribution in [1.29, 1.82) is 0 Å². The molecule has 0 aliphatic carbocycles. The Hall–Kier alpha value is -4.59. The number of hydrogen-bond donors (Lipinski definition) is 1. The first kappa shape index (κ1) is 23.6. The Balaban J connectivity index is 1.51. The molecule has 3 aromatic carbocycles. The minimum Gasteiger partial charge on any atom is -0.451 e. The number of fused-ring (bicyclic) bond motifs is 1. The fourth-order valence-corrected chi connectivity index (χ4v) is 3.59. The number of carbonyl (C=O) groups is 2. The van der Waals surface area contributed by atoms with Crippen LogP contribution in [0.15, 0.2) is 94.8 Å². The van der Waals surface area contributed by atoms with Crippen LogP contribution in [-0.4, -0.2) is 34.0 Å². The second-order valence-corrected chi connectivity index (χ2v) is 7.73. The zero-order valence-electron chi connectivity index (χ0n) is 19.2. The third-order valence-electron chi connectivity index (χ3n) is 5.22. The van der Waals surface area contributed by atoms with Crippen molar-refractivity contribution in [1.82, 2.24) is 15.2 Å². The van der Waals surface area contributed by atoms with Crippen molar-refractivity contribution in [2.75, 3.05) is 6.61 Å². The summed E-state index contributed by atoms with van der Waals surface area (Å²) in [7, 11) is 0. The van der Waals surface area contributed by atoms with Crippen LogP contribution in [-0.2, 0) is 16.1 Å². The lowest BCUT2D eigenvalue weighted by atomic mass is 10.0. The number of esters is 1. The Morgan fingerprint density at radius 1 is 0.886 bits per heavy atom. The summed E-state index contributed by atoms with van der Waals surface area (Å²) >= 11 is 0. The lowest BCUT2D eigenvalue weighted by Gasteiger charge is -2.10. The molecule has 8 heteroatoms. The van der Waals surface area contributed by atoms with Gasteiger partial charge < -0.3 is 4.74 Å². The molecule has 1 amide bonds. The molecule has 8 nitrogen and oxygen atoms in total. The van der Waals surface area contributed by atoms with Gasteiger partial charge in [-0.25, -0.2) is 14.9 Å². The minimum atomic E-state index is -0.795. The second kappa shape index (κ2) is 11.0. The van der Waals surface area contributed by atoms with E-state index in [-0.39, 0.29) is 11.3 Å². The number of carbonyl (C=O) groups excluding carboxylic acids is 2. The normalized spacial score (nSPS) is 10.5. The molecule has 4 rings (SSSR count). The smallest absolute Gasteiger partial charge is 0.359 e. The molecule has 4 aromatic rings. The number of hydrogen-bond acceptors (Lipinski definition) is 6. The van der Waals surface area contributed by atoms with E-state index in [1.165, 1.54) is 4.68 Å². The van der Waals surface area contributed by atoms with Gasteiger partial charge >= 0.3 is 5.97 Å². The van der Waals surface area contributed by atoms with E-state index in [1.807, 2.05) is 67.6 Å². The molecule has 0 fully saturated rings. The highest BCUT2D eigenvalue weighted by atomic mass is 16.5. The van der Waals surface area contributed by atoms with Crippen molar-refractivity contribution in [3.05, 3.63) is 112 Å². The Labute approximate surface area is 201 Å². The quantitative estimate of drug-likeness (QED) is 0.242. The summed E-state index contributed by atoms with van der Waals surface area (Å²) in [6, 6.07) is 25.6. The highest BCUT2D eigenvalue weighted by Crippen LogP contribution is 2.15. The van der Waals surface area contributed by atoms with Crippen LogP contribution in [0.4, 0.5) is 0 Å². The molecule has 0 aliphatic rings. The number of amides is 1. The van der Waals surface area contributed by atoms with Crippen molar-refractivity contribution in [3.8, 4) is 0 Å². The standard InChI is InChI=1S/C27H24N4O4/c1-2-17-31-26(33)22-16-10-9-15-21(22)25(30-31)27(34)35-18-23(32)28-29-24(19-11-5-3-6-12-19)20-13-7-4-8-14-20/h3-16H,2,17-18H2,1H3,(H,28,32). The van der Waals surface area contributed by atoms with Crippen LogP contribution in [0.2, 0.25) is 0 Å². The fraction of sp³-hybridized carbons (Fsp3) is 0.148. The fourth-order valence-electron chi connectivity index (χ4n) is 3.59. The van der Waals surface area contributed by atoms with Gasteiger partial charge in [0.15, 0.2) is 12.3 Å². The average Bonchev–Trinajstić information content (AvgIpc) is 2.90. The molecule has 0 spiro atoms. The number of aromatic nitrogens is 2. The molecule has 0 radical (unpaired) electrons. The molecular weight excluding hydrogens is 444 g/mol. The van der Waals surface area contributed by atoms with Gasteiger partial charge in [0.25, 0.3) is 11.5 Å². The summed E-state index contributed by atoms with van der Waals surface area (Å²) in [6.07, 6.45) is 0.672. The molecule has 0 bridgehead atoms. The SMILES string of the molecule is CCCn1nc(C(=O)OCC(=O)NN=C(c2ccccc2)c2ccccc2)c2ccccc2c1=O. The molecule has 176 valence electrons. The zero-order chi connectivity index (χ0) is 24.6. The van der Waals surface area contributed by atoms with Crippen molar-refractivity contribution in [2.24, 2.45) is 5.10 Å². The first-order valence-corrected chi connectivity index (χ1v) is 11.2. The Kier molecular flexibility index (Phi) is 7.42. The first-order chi connectivity index (χ1) is 17.1. The van der Waals surface area contributed by atoms with E-state index in [0.717, 1.165) is 11.1 Å². The number of ether oxygens (including phenoxy) is 1. The maximum atomic E-state index is 12.8. The largest absolute Gasteiger partial charge is 0.451 e. The van der Waals surface area contributed by atoms with Crippen LogP contribution < -0.4 is 11.0 Å². The van der Waals surface area contributed by atoms with Gasteiger partial charge in [0.1, 0.15) is 0 Å². The summed E-state index contributed by atoms with van der Waals surface area (Å²) < 4.78 is 6.46. The van der Waals surface area contributed by atoms with Gasteiger partial charge in [-0.05, 0) is 12.5 Å². The van der Waals surface area contributed by atoms with E-state index in [4.69, 9.17) is 4.74 Å². The van der Waals surface area contributed by atoms with Crippen molar-refractivity contribution < 1.29 is 14.3 Å². The van der Waals surface area contributed by atoms with Crippen LogP contribution in [0.3, 0.4) is 0 Å². The minimum absolute atomic E-state index is 0.0146. The number of aryl methyl sites for hydroxylation is 1. The molecule has 0 saturated carbocycles. The summed E-state index contributed by atoms with van der Waals surface area (Å²) in [5.74, 6) is -1.40. The predicted molar refractivity (Wildman–Crippen MR) is 133 cm³/mol. The summed E-state index contributed by atoms with van der Waals surface area (Å²) in [6.45, 7) is 1.72. The summed E-state index contributed by atoms with van der Waals surface area (Å²) in [5, 5.41) is 9.22. The number of hydrazone groups is 1. The van der Waals surface area contributed by atoms with E-state index in [9.17, 15) is 14.4 Å². The molecule has 1 N–H and O–H groups in total. The van der Waals surface area contributed by atoms with Crippen LogP contribution >= 0.6 is 0 Å². The number of rotatable bonds is 8. The monoisotopic (exact) mass is 468 g/mol. The Bertz CT molecular complexity index is 1390. The third-order valence-corrected chi connectivity index (χ3v) is 5.22. The van der Waals surface area contributed by atoms with Gasteiger partial charge in [0, 0.05) is 23.1 Å². The third kappa shape index (κ3) is 5.50. The molecule has 1 aromatic heterocycles. The zero-order valence-corrected chi connectivity index (χ0v) is 19.2. The van der Waals surface area contributed by atoms with E-state index < -0.39 is 18.5 Å². The summed E-state index contributed by atoms with van der Waals surface area (Å²) in [5.41, 5.74) is 4.39. The van der Waals surface area contributed by atoms with E-state index in [0.29, 0.717) is 29.4 Å². The molecule has 35 heavy (non-hydrogen) atoms. The lowest BCUT2D eigenvalue weighted by molar-refractivity contribution is -0.124. The maximum absolute atomic E-state index is 12.8. The first-order valence-electron chi connectivity index (χ1n) is 11.2. The van der Waals surface area contributed by atoms with E-state index in [1.54, 1.807) is 24.3 Å². The molecule has 0 unspecified atom stereocenters. The average molecular weight is 469 g/mol. The molecule has 0 aliphatic heterocycles. The maximum Gasteiger partial charge on any atom is 0.359 e. The van der Waals surface area contributed by atoms with Crippen LogP contribution in [0.1, 0.15) is 35.0 Å². The van der Waals surface area contributed by atoms with Gasteiger partial charge in [0.05, 0.1) is 11.1 Å². The molecule has 0 saturated heterocycles. The van der Waals surface area contributed by atoms with Crippen molar-refractivity contribution >= 4 is 28.4 Å². The van der Waals surface area contributed by atoms with E-state index in [2.05, 4.69) is 15.6 Å². The van der Waals surface area contributed by atoms with Crippen molar-refractivity contribution in [3.63, 3.8) is 0 Å². The van der Waals surface area contributed by atoms with Gasteiger partial charge in [-0.15, -0.1) is 0 Å². The number of nitrogens with one attached hydrogen (secondary N) is 1. The van der Waals surface area contributed by atoms with Gasteiger partial charge in [-0.1, -0.05) is 85.8 Å². The Morgan fingerprint density at radius 2 is 1.46 bits per heavy atom. The van der Waals surface area contributed by atoms with Crippen LogP contribution in [0, 0.1) is 0 Å². The van der Waals surface area contributed by atoms with E-state index >= 15 is 0 Å². The second-order valence-electron chi connectivity index (χ2n) is 7.73. The predicted octanol–water partition coefficient (Wildman–Crippen LogP) is 3.53. The highest BCUT2D eigenvalue weighted by molar-refractivity contribution is 6.13. The van der Waals surface area contributed by atoms with Crippen LogP contribution in [0.25, 0.3) is 10.8 Å². The van der Waals surface area contributed by atoms with Gasteiger partial charge in [-0.3, -0.25) is 9.59 Å². The van der Waals surface area contributed by atoms with Crippen LogP contribution in [0.5, 0.6) is 0 Å². The van der Waals surface area contributed by atoms with Gasteiger partial charge in [0.2, 0.25) is 0 Å². The number of nitrogens with zero attached hydrogens (tertiary/aromatic N) is 3. The van der Waals surface area contributed by atoms with Gasteiger partial charge in [-0.2, -0.15) is 10.2 Å². The topological polar surface area (TPSA) is 103 Å². The lowest BCUT2D eigenvalue weighted by Crippen LogP contribution is -2.29. The number of benzene rings is 3.